The molecular formula is C18H31N3O2. The summed E-state index contributed by atoms with van der Waals surface area (Å²) in [5, 5.41) is 6.63. The zero-order chi connectivity index (χ0) is 16.8. The van der Waals surface area contributed by atoms with E-state index in [-0.39, 0.29) is 0 Å². The maximum Gasteiger partial charge on any atom is 0.190 e. The molecule has 1 aromatic carbocycles. The molecule has 1 aromatic rings. The van der Waals surface area contributed by atoms with Gasteiger partial charge < -0.3 is 20.1 Å². The highest BCUT2D eigenvalue weighted by Gasteiger charge is 1.98. The molecule has 0 aliphatic carbocycles. The quantitative estimate of drug-likeness (QED) is 0.372. The van der Waals surface area contributed by atoms with Gasteiger partial charge in [0.2, 0.25) is 0 Å². The van der Waals surface area contributed by atoms with Crippen molar-refractivity contribution >= 4 is 5.96 Å². The molecule has 2 N–H and O–H groups in total. The minimum absolute atomic E-state index is 0.649. The van der Waals surface area contributed by atoms with Gasteiger partial charge in [0.25, 0.3) is 0 Å². The second kappa shape index (κ2) is 12.9. The Labute approximate surface area is 140 Å². The Bertz CT molecular complexity index is 432. The van der Waals surface area contributed by atoms with Crippen LogP contribution in [0.5, 0.6) is 0 Å². The van der Waals surface area contributed by atoms with Crippen LogP contribution >= 0.6 is 0 Å². The fourth-order valence-corrected chi connectivity index (χ4v) is 2.11. The zero-order valence-corrected chi connectivity index (χ0v) is 14.7. The summed E-state index contributed by atoms with van der Waals surface area (Å²) < 4.78 is 10.3. The van der Waals surface area contributed by atoms with Crippen LogP contribution in [0.3, 0.4) is 0 Å². The fraction of sp³-hybridized carbons (Fsp3) is 0.611. The van der Waals surface area contributed by atoms with Crippen LogP contribution < -0.4 is 10.6 Å². The van der Waals surface area contributed by atoms with E-state index in [2.05, 4.69) is 46.8 Å². The minimum Gasteiger partial charge on any atom is -0.382 e. The summed E-state index contributed by atoms with van der Waals surface area (Å²) >= 11 is 0. The second-order valence-corrected chi connectivity index (χ2v) is 5.30. The third-order valence-electron chi connectivity index (χ3n) is 3.55. The largest absolute Gasteiger partial charge is 0.382 e. The van der Waals surface area contributed by atoms with E-state index < -0.39 is 0 Å². The maximum atomic E-state index is 5.42. The average Bonchev–Trinajstić information content (AvgIpc) is 2.60. The number of ether oxygens (including phenoxy) is 2. The minimum atomic E-state index is 0.649. The second-order valence-electron chi connectivity index (χ2n) is 5.30. The van der Waals surface area contributed by atoms with E-state index in [9.17, 15) is 0 Å². The number of methoxy groups -OCH3 is 1. The number of nitrogens with one attached hydrogen (secondary N) is 2. The van der Waals surface area contributed by atoms with E-state index in [4.69, 9.17) is 9.47 Å². The summed E-state index contributed by atoms with van der Waals surface area (Å²) in [5.74, 6) is 0.840. The van der Waals surface area contributed by atoms with Gasteiger partial charge in [-0.05, 0) is 30.4 Å². The Balaban J connectivity index is 2.11. The molecule has 0 radical (unpaired) electrons. The lowest BCUT2D eigenvalue weighted by atomic mass is 10.1. The van der Waals surface area contributed by atoms with Crippen molar-refractivity contribution in [3.05, 3.63) is 35.4 Å². The number of benzene rings is 1. The first-order valence-corrected chi connectivity index (χ1v) is 8.39. The molecule has 0 heterocycles. The molecular weight excluding hydrogens is 290 g/mol. The third kappa shape index (κ3) is 9.21. The highest BCUT2D eigenvalue weighted by atomic mass is 16.5. The van der Waals surface area contributed by atoms with Crippen LogP contribution in [0.25, 0.3) is 0 Å². The molecule has 0 aromatic heterocycles. The van der Waals surface area contributed by atoms with Gasteiger partial charge in [-0.25, -0.2) is 0 Å². The van der Waals surface area contributed by atoms with E-state index in [1.54, 1.807) is 14.2 Å². The van der Waals surface area contributed by atoms with Crippen molar-refractivity contribution in [1.82, 2.24) is 10.6 Å². The van der Waals surface area contributed by atoms with E-state index in [1.807, 2.05) is 0 Å². The first-order chi connectivity index (χ1) is 11.3. The molecule has 0 amide bonds. The molecule has 0 aliphatic heterocycles. The number of nitrogens with zero attached hydrogens (tertiary/aromatic N) is 1. The zero-order valence-electron chi connectivity index (χ0n) is 14.7. The van der Waals surface area contributed by atoms with Gasteiger partial charge in [-0.15, -0.1) is 0 Å². The van der Waals surface area contributed by atoms with Crippen molar-refractivity contribution in [1.29, 1.82) is 0 Å². The molecule has 5 nitrogen and oxygen atoms in total. The van der Waals surface area contributed by atoms with Gasteiger partial charge in [-0.2, -0.15) is 0 Å². The monoisotopic (exact) mass is 321 g/mol. The van der Waals surface area contributed by atoms with Gasteiger partial charge >= 0.3 is 0 Å². The normalized spacial score (nSPS) is 11.5. The van der Waals surface area contributed by atoms with E-state index in [1.165, 1.54) is 11.1 Å². The molecule has 130 valence electrons. The van der Waals surface area contributed by atoms with Gasteiger partial charge in [-0.1, -0.05) is 31.2 Å². The van der Waals surface area contributed by atoms with Crippen LogP contribution in [-0.4, -0.2) is 53.0 Å². The predicted octanol–water partition coefficient (Wildman–Crippen LogP) is 2.01. The third-order valence-corrected chi connectivity index (χ3v) is 3.55. The highest BCUT2D eigenvalue weighted by Crippen LogP contribution is 2.05. The van der Waals surface area contributed by atoms with Crippen molar-refractivity contribution in [2.75, 3.05) is 47.1 Å². The molecule has 1 rings (SSSR count). The maximum absolute atomic E-state index is 5.42. The molecule has 0 fully saturated rings. The number of hydrogen-bond donors (Lipinski definition) is 2. The van der Waals surface area contributed by atoms with Gasteiger partial charge in [0.1, 0.15) is 0 Å². The van der Waals surface area contributed by atoms with E-state index in [0.29, 0.717) is 13.2 Å². The summed E-state index contributed by atoms with van der Waals surface area (Å²) in [4.78, 5) is 4.23. The predicted molar refractivity (Wildman–Crippen MR) is 96.2 cm³/mol. The standard InChI is InChI=1S/C18H31N3O2/c1-4-16-6-8-17(9-7-16)10-12-21-18(19-2)20-11-5-13-23-15-14-22-3/h6-9H,4-5,10-15H2,1-3H3,(H2,19,20,21). The Kier molecular flexibility index (Phi) is 10.9. The molecule has 5 heteroatoms. The lowest BCUT2D eigenvalue weighted by molar-refractivity contribution is 0.0698. The summed E-state index contributed by atoms with van der Waals surface area (Å²) in [6, 6.07) is 8.81. The number of hydrogen-bond acceptors (Lipinski definition) is 3. The van der Waals surface area contributed by atoms with Gasteiger partial charge in [-0.3, -0.25) is 4.99 Å². The van der Waals surface area contributed by atoms with Crippen molar-refractivity contribution < 1.29 is 9.47 Å². The smallest absolute Gasteiger partial charge is 0.190 e. The number of rotatable bonds is 11. The SMILES string of the molecule is CCc1ccc(CCNC(=NC)NCCCOCCOC)cc1. The number of guanidine groups is 1. The lowest BCUT2D eigenvalue weighted by Crippen LogP contribution is -2.39. The summed E-state index contributed by atoms with van der Waals surface area (Å²) in [5.41, 5.74) is 2.73. The summed E-state index contributed by atoms with van der Waals surface area (Å²) in [6.45, 7) is 5.93. The van der Waals surface area contributed by atoms with Crippen LogP contribution in [0, 0.1) is 0 Å². The Morgan fingerprint density at radius 3 is 2.35 bits per heavy atom. The Morgan fingerprint density at radius 1 is 1.00 bits per heavy atom. The molecule has 0 atom stereocenters. The topological polar surface area (TPSA) is 54.9 Å². The van der Waals surface area contributed by atoms with Crippen molar-refractivity contribution in [2.45, 2.75) is 26.2 Å². The fourth-order valence-electron chi connectivity index (χ4n) is 2.11. The first kappa shape index (κ1) is 19.5. The van der Waals surface area contributed by atoms with Crippen molar-refractivity contribution in [3.63, 3.8) is 0 Å². The molecule has 23 heavy (non-hydrogen) atoms. The average molecular weight is 321 g/mol. The van der Waals surface area contributed by atoms with Gasteiger partial charge in [0, 0.05) is 33.9 Å². The highest BCUT2D eigenvalue weighted by molar-refractivity contribution is 5.79. The summed E-state index contributed by atoms with van der Waals surface area (Å²) in [6.07, 6.45) is 3.03. The van der Waals surface area contributed by atoms with Gasteiger partial charge in [0.05, 0.1) is 13.2 Å². The molecule has 0 saturated carbocycles. The molecule has 0 unspecified atom stereocenters. The van der Waals surface area contributed by atoms with Crippen LogP contribution in [0.15, 0.2) is 29.3 Å². The van der Waals surface area contributed by atoms with Crippen LogP contribution in [0.2, 0.25) is 0 Å². The van der Waals surface area contributed by atoms with E-state index in [0.717, 1.165) is 44.9 Å². The number of aliphatic imine (C=N–C) groups is 1. The molecule has 0 aliphatic rings. The number of aryl methyl sites for hydroxylation is 1. The van der Waals surface area contributed by atoms with Crippen molar-refractivity contribution in [3.8, 4) is 0 Å². The van der Waals surface area contributed by atoms with Gasteiger partial charge in [0.15, 0.2) is 5.96 Å². The van der Waals surface area contributed by atoms with Crippen LogP contribution in [0.1, 0.15) is 24.5 Å². The van der Waals surface area contributed by atoms with Crippen molar-refractivity contribution in [2.24, 2.45) is 4.99 Å². The lowest BCUT2D eigenvalue weighted by Gasteiger charge is -2.12. The molecule has 0 spiro atoms. The summed E-state index contributed by atoms with van der Waals surface area (Å²) in [7, 11) is 3.47. The Hall–Kier alpha value is -1.59. The molecule has 0 bridgehead atoms. The van der Waals surface area contributed by atoms with E-state index >= 15 is 0 Å². The van der Waals surface area contributed by atoms with Crippen LogP contribution in [-0.2, 0) is 22.3 Å². The van der Waals surface area contributed by atoms with Crippen LogP contribution in [0.4, 0.5) is 0 Å². The molecule has 0 saturated heterocycles. The Morgan fingerprint density at radius 2 is 1.70 bits per heavy atom. The first-order valence-electron chi connectivity index (χ1n) is 8.39.